The maximum Gasteiger partial charge on any atom is 0.410 e. The number of carbonyl (C=O) groups is 3. The van der Waals surface area contributed by atoms with Crippen molar-refractivity contribution < 1.29 is 43.2 Å². The Morgan fingerprint density at radius 1 is 1.16 bits per heavy atom. The molecule has 0 radical (unpaired) electrons. The number of ether oxygens (including phenoxy) is 5. The molecule has 3 saturated heterocycles. The predicted molar refractivity (Wildman–Crippen MR) is 182 cm³/mol. The first-order valence-corrected chi connectivity index (χ1v) is 17.7. The van der Waals surface area contributed by atoms with Gasteiger partial charge in [-0.3, -0.25) is 14.5 Å². The maximum absolute atomic E-state index is 13.9. The van der Waals surface area contributed by atoms with Gasteiger partial charge in [-0.15, -0.1) is 0 Å². The zero-order chi connectivity index (χ0) is 36.7. The molecule has 0 aromatic heterocycles. The number of hydrogen-bond acceptors (Lipinski definition) is 12. The molecule has 0 bridgehead atoms. The smallest absolute Gasteiger partial charge is 0.410 e. The number of aliphatic hydroxyl groups excluding tert-OH is 1. The van der Waals surface area contributed by atoms with E-state index in [9.17, 15) is 19.5 Å². The van der Waals surface area contributed by atoms with E-state index in [1.807, 2.05) is 46.7 Å². The van der Waals surface area contributed by atoms with Gasteiger partial charge in [0.25, 0.3) is 0 Å². The molecular formula is C34H60N6O9. The van der Waals surface area contributed by atoms with Crippen LogP contribution < -0.4 is 5.32 Å². The van der Waals surface area contributed by atoms with Gasteiger partial charge in [0.15, 0.2) is 11.9 Å². The molecule has 0 aliphatic carbocycles. The van der Waals surface area contributed by atoms with Crippen molar-refractivity contribution in [2.45, 2.75) is 147 Å². The molecule has 4 unspecified atom stereocenters. The van der Waals surface area contributed by atoms with Crippen molar-refractivity contribution in [3.8, 4) is 0 Å². The molecule has 3 rings (SSSR count). The van der Waals surface area contributed by atoms with Gasteiger partial charge < -0.3 is 39.0 Å². The monoisotopic (exact) mass is 696 g/mol. The van der Waals surface area contributed by atoms with Gasteiger partial charge in [-0.1, -0.05) is 19.0 Å². The highest BCUT2D eigenvalue weighted by Gasteiger charge is 2.58. The number of hydrogen-bond donors (Lipinski definition) is 2. The summed E-state index contributed by atoms with van der Waals surface area (Å²) in [4.78, 5) is 47.4. The highest BCUT2D eigenvalue weighted by molar-refractivity contribution is 5.99. The minimum atomic E-state index is -1.22. The van der Waals surface area contributed by atoms with Crippen molar-refractivity contribution in [1.82, 2.24) is 15.1 Å². The van der Waals surface area contributed by atoms with Gasteiger partial charge in [-0.25, -0.2) is 4.79 Å². The van der Waals surface area contributed by atoms with Gasteiger partial charge in [-0.05, 0) is 98.8 Å². The first-order valence-electron chi connectivity index (χ1n) is 17.7. The lowest BCUT2D eigenvalue weighted by atomic mass is 9.83. The average Bonchev–Trinajstić information content (AvgIpc) is 3.31. The standard InChI is InChI=1S/C34H60N6O9/c1-11-26-34(7)29(40(32(44)49-34)15-13-12-14-37-38-35)23(5)36-19-20(2)18-33(6,45-10)27(17-25(41)22(4)30(43)47-26)48-31-28(42)24(39(8)9)16-21(3)46-31/h20-24,26-29,31,36,42H,11-19H2,1-10H3/t20-,21?,22?,23-,24?,26-,27-,28?,29-,31+,33-,34-/m1/s1. The van der Waals surface area contributed by atoms with Gasteiger partial charge >= 0.3 is 12.1 Å². The third-order valence-corrected chi connectivity index (χ3v) is 10.7. The van der Waals surface area contributed by atoms with Crippen molar-refractivity contribution in [3.63, 3.8) is 0 Å². The molecule has 15 nitrogen and oxygen atoms in total. The molecule has 0 spiro atoms. The fourth-order valence-electron chi connectivity index (χ4n) is 7.66. The Kier molecular flexibility index (Phi) is 14.7. The molecule has 3 aliphatic heterocycles. The lowest BCUT2D eigenvalue weighted by molar-refractivity contribution is -0.289. The van der Waals surface area contributed by atoms with Gasteiger partial charge in [-0.2, -0.15) is 0 Å². The largest absolute Gasteiger partial charge is 0.458 e. The Balaban J connectivity index is 1.98. The van der Waals surface area contributed by atoms with E-state index in [2.05, 4.69) is 22.3 Å². The van der Waals surface area contributed by atoms with Gasteiger partial charge in [0.2, 0.25) is 0 Å². The van der Waals surface area contributed by atoms with E-state index in [0.717, 1.165) is 0 Å². The van der Waals surface area contributed by atoms with Crippen molar-refractivity contribution >= 4 is 17.8 Å². The Labute approximate surface area is 291 Å². The number of amides is 1. The minimum Gasteiger partial charge on any atom is -0.458 e. The highest BCUT2D eigenvalue weighted by atomic mass is 16.7. The van der Waals surface area contributed by atoms with Crippen LogP contribution in [0.2, 0.25) is 0 Å². The van der Waals surface area contributed by atoms with Gasteiger partial charge in [0.05, 0.1) is 23.9 Å². The molecule has 280 valence electrons. The number of esters is 1. The molecule has 49 heavy (non-hydrogen) atoms. The first-order chi connectivity index (χ1) is 23.0. The molecule has 2 N–H and O–H groups in total. The van der Waals surface area contributed by atoms with Crippen LogP contribution >= 0.6 is 0 Å². The van der Waals surface area contributed by atoms with E-state index in [1.165, 1.54) is 6.92 Å². The first kappa shape index (κ1) is 40.9. The van der Waals surface area contributed by atoms with E-state index >= 15 is 0 Å². The topological polar surface area (TPSA) is 185 Å². The normalized spacial score (nSPS) is 39.8. The number of aliphatic hydroxyl groups is 1. The van der Waals surface area contributed by atoms with Crippen LogP contribution in [0.5, 0.6) is 0 Å². The second-order valence-electron chi connectivity index (χ2n) is 14.8. The number of carbonyl (C=O) groups excluding carboxylic acids is 3. The Bertz CT molecular complexity index is 1190. The third-order valence-electron chi connectivity index (χ3n) is 10.7. The molecule has 3 heterocycles. The van der Waals surface area contributed by atoms with Crippen LogP contribution in [0.4, 0.5) is 4.79 Å². The number of cyclic esters (lactones) is 1. The second-order valence-corrected chi connectivity index (χ2v) is 14.8. The number of methoxy groups -OCH3 is 1. The number of ketones is 1. The van der Waals surface area contributed by atoms with Crippen LogP contribution in [-0.2, 0) is 33.3 Å². The number of fused-ring (bicyclic) bond motifs is 1. The summed E-state index contributed by atoms with van der Waals surface area (Å²) in [5, 5.41) is 18.5. The molecule has 1 amide bonds. The van der Waals surface area contributed by atoms with Crippen LogP contribution in [-0.4, -0.2) is 134 Å². The summed E-state index contributed by atoms with van der Waals surface area (Å²) < 4.78 is 30.8. The molecule has 3 aliphatic rings. The molecule has 15 heteroatoms. The summed E-state index contributed by atoms with van der Waals surface area (Å²) in [5.41, 5.74) is 6.41. The molecular weight excluding hydrogens is 636 g/mol. The van der Waals surface area contributed by atoms with Crippen molar-refractivity contribution in [2.24, 2.45) is 17.0 Å². The number of likely N-dealkylation sites (N-methyl/N-ethyl adjacent to an activating group) is 1. The maximum atomic E-state index is 13.9. The van der Waals surface area contributed by atoms with Gasteiger partial charge in [0, 0.05) is 43.6 Å². The Morgan fingerprint density at radius 2 is 1.86 bits per heavy atom. The summed E-state index contributed by atoms with van der Waals surface area (Å²) in [6, 6.07) is -1.02. The molecule has 12 atom stereocenters. The van der Waals surface area contributed by atoms with E-state index in [-0.39, 0.29) is 30.5 Å². The van der Waals surface area contributed by atoms with Crippen molar-refractivity contribution in [3.05, 3.63) is 10.4 Å². The zero-order valence-electron chi connectivity index (χ0n) is 31.1. The number of unbranched alkanes of at least 4 members (excludes halogenated alkanes) is 1. The van der Waals surface area contributed by atoms with Crippen LogP contribution in [0, 0.1) is 11.8 Å². The quantitative estimate of drug-likeness (QED) is 0.0845. The molecule has 0 aromatic carbocycles. The molecule has 0 aromatic rings. The lowest BCUT2D eigenvalue weighted by Gasteiger charge is -2.45. The van der Waals surface area contributed by atoms with Crippen LogP contribution in [0.25, 0.3) is 10.4 Å². The SMILES string of the molecule is CC[C@H]1OC(=O)C(C)C(=O)C[C@@H](O[C@@H]2OC(C)CC(N(C)C)C2O)[C@](C)(OC)C[C@@H](C)CN[C@H](C)[C@H]2N(CCCCN=[N+]=[N-])C(=O)O[C@]12C. The fraction of sp³-hybridized carbons (Fsp3) is 0.912. The highest BCUT2D eigenvalue weighted by Crippen LogP contribution is 2.39. The minimum absolute atomic E-state index is 0.00299. The number of nitrogens with zero attached hydrogens (tertiary/aromatic N) is 5. The number of rotatable bonds is 10. The van der Waals surface area contributed by atoms with Crippen LogP contribution in [0.3, 0.4) is 0 Å². The number of azide groups is 1. The average molecular weight is 697 g/mol. The zero-order valence-corrected chi connectivity index (χ0v) is 31.1. The predicted octanol–water partition coefficient (Wildman–Crippen LogP) is 3.81. The third kappa shape index (κ3) is 9.63. The number of nitrogens with one attached hydrogen (secondary N) is 1. The van der Waals surface area contributed by atoms with Crippen LogP contribution in [0.1, 0.15) is 87.0 Å². The number of Topliss-reactive ketones (excluding diaryl/α,β-unsaturated/α-hetero) is 1. The molecule has 3 fully saturated rings. The Morgan fingerprint density at radius 3 is 2.47 bits per heavy atom. The lowest BCUT2D eigenvalue weighted by Crippen LogP contribution is -2.61. The summed E-state index contributed by atoms with van der Waals surface area (Å²) in [6.45, 7) is 14.2. The van der Waals surface area contributed by atoms with E-state index in [4.69, 9.17) is 29.2 Å². The fourth-order valence-corrected chi connectivity index (χ4v) is 7.66. The van der Waals surface area contributed by atoms with E-state index in [1.54, 1.807) is 18.9 Å². The van der Waals surface area contributed by atoms with Crippen LogP contribution in [0.15, 0.2) is 5.11 Å². The summed E-state index contributed by atoms with van der Waals surface area (Å²) in [6.07, 6.45) is -1.97. The van der Waals surface area contributed by atoms with Gasteiger partial charge in [0.1, 0.15) is 23.9 Å². The van der Waals surface area contributed by atoms with Crippen molar-refractivity contribution in [2.75, 3.05) is 40.8 Å². The summed E-state index contributed by atoms with van der Waals surface area (Å²) in [5.74, 6) is -2.28. The van der Waals surface area contributed by atoms with Crippen molar-refractivity contribution in [1.29, 1.82) is 0 Å². The van der Waals surface area contributed by atoms with E-state index < -0.39 is 65.6 Å². The summed E-state index contributed by atoms with van der Waals surface area (Å²) >= 11 is 0. The van der Waals surface area contributed by atoms with E-state index in [0.29, 0.717) is 51.7 Å². The molecule has 0 saturated carbocycles. The summed E-state index contributed by atoms with van der Waals surface area (Å²) in [7, 11) is 5.35. The second kappa shape index (κ2) is 17.6. The Hall–Kier alpha value is -2.52.